The summed E-state index contributed by atoms with van der Waals surface area (Å²) in [6.07, 6.45) is 3.13. The summed E-state index contributed by atoms with van der Waals surface area (Å²) in [5.74, 6) is -0.947. The molecule has 38 heavy (non-hydrogen) atoms. The Morgan fingerprint density at radius 1 is 1.24 bits per heavy atom. The molecule has 1 aromatic heterocycles. The Morgan fingerprint density at radius 3 is 2.68 bits per heavy atom. The molecule has 0 saturated carbocycles. The van der Waals surface area contributed by atoms with Gasteiger partial charge < -0.3 is 10.5 Å². The van der Waals surface area contributed by atoms with Crippen molar-refractivity contribution < 1.29 is 26.7 Å². The standard InChI is InChI=1S/C27H29F3N4O3S/c1-17-23-13-32-34(22-8-6-21(28)7-9-22)24(23)11-19-4-5-20(26(17)19)14-33(15-25(35)27(29)30)38(36,37)16-18-3-2-10-31-12-18/h2-3,6-13,17,20,25,27,32,35H,4-5,14-16H2,1H3/t17-,20+,25?/m0/s1. The molecular weight excluding hydrogens is 517 g/mol. The van der Waals surface area contributed by atoms with E-state index in [1.807, 2.05) is 18.1 Å². The number of hydrazine groups is 1. The van der Waals surface area contributed by atoms with Crippen molar-refractivity contribution in [2.75, 3.05) is 18.1 Å². The van der Waals surface area contributed by atoms with Gasteiger partial charge in [-0.25, -0.2) is 21.6 Å². The smallest absolute Gasteiger partial charge is 0.265 e. The number of nitrogens with zero attached hydrogens (tertiary/aromatic N) is 3. The second kappa shape index (κ2) is 10.5. The normalized spacial score (nSPS) is 21.8. The minimum absolute atomic E-state index is 0.00110. The fourth-order valence-electron chi connectivity index (χ4n) is 5.53. The highest BCUT2D eigenvalue weighted by Crippen LogP contribution is 2.48. The fourth-order valence-corrected chi connectivity index (χ4v) is 7.09. The fraction of sp³-hybridized carbons (Fsp3) is 0.370. The van der Waals surface area contributed by atoms with Crippen molar-refractivity contribution in [2.45, 2.75) is 38.0 Å². The number of alkyl halides is 2. The molecule has 0 amide bonds. The molecule has 0 bridgehead atoms. The van der Waals surface area contributed by atoms with Gasteiger partial charge in [0.2, 0.25) is 10.0 Å². The third-order valence-electron chi connectivity index (χ3n) is 7.36. The van der Waals surface area contributed by atoms with Gasteiger partial charge >= 0.3 is 0 Å². The molecule has 7 nitrogen and oxygen atoms in total. The summed E-state index contributed by atoms with van der Waals surface area (Å²) in [5.41, 5.74) is 8.57. The third kappa shape index (κ3) is 5.23. The number of pyridine rings is 1. The highest BCUT2D eigenvalue weighted by atomic mass is 32.2. The number of fused-ring (bicyclic) bond motifs is 1. The van der Waals surface area contributed by atoms with Gasteiger partial charge in [-0.1, -0.05) is 18.6 Å². The monoisotopic (exact) mass is 546 g/mol. The summed E-state index contributed by atoms with van der Waals surface area (Å²) >= 11 is 0. The lowest BCUT2D eigenvalue weighted by molar-refractivity contribution is -0.0136. The molecule has 2 N–H and O–H groups in total. The number of anilines is 1. The maximum absolute atomic E-state index is 13.4. The number of halogens is 3. The molecule has 3 aliphatic rings. The quantitative estimate of drug-likeness (QED) is 0.492. The predicted octanol–water partition coefficient (Wildman–Crippen LogP) is 4.13. The van der Waals surface area contributed by atoms with Crippen molar-refractivity contribution in [3.8, 4) is 0 Å². The Kier molecular flexibility index (Phi) is 7.34. The third-order valence-corrected chi connectivity index (χ3v) is 9.14. The van der Waals surface area contributed by atoms with Gasteiger partial charge in [0.05, 0.1) is 17.1 Å². The van der Waals surface area contributed by atoms with Crippen LogP contribution in [-0.2, 0) is 15.8 Å². The van der Waals surface area contributed by atoms with E-state index in [0.717, 1.165) is 32.4 Å². The minimum Gasteiger partial charge on any atom is -0.386 e. The van der Waals surface area contributed by atoms with Crippen LogP contribution in [-0.4, -0.2) is 48.4 Å². The summed E-state index contributed by atoms with van der Waals surface area (Å²) in [6.45, 7) is 1.36. The van der Waals surface area contributed by atoms with Crippen LogP contribution in [0.1, 0.15) is 25.3 Å². The van der Waals surface area contributed by atoms with Gasteiger partial charge in [-0.3, -0.25) is 9.99 Å². The largest absolute Gasteiger partial charge is 0.386 e. The molecule has 2 aromatic rings. The van der Waals surface area contributed by atoms with Crippen LogP contribution in [0, 0.1) is 17.7 Å². The first-order valence-corrected chi connectivity index (χ1v) is 14.0. The zero-order chi connectivity index (χ0) is 27.0. The van der Waals surface area contributed by atoms with Crippen molar-refractivity contribution in [3.05, 3.63) is 94.9 Å². The van der Waals surface area contributed by atoms with Crippen LogP contribution in [0.25, 0.3) is 0 Å². The van der Waals surface area contributed by atoms with Crippen molar-refractivity contribution in [1.29, 1.82) is 0 Å². The van der Waals surface area contributed by atoms with Crippen LogP contribution in [0.5, 0.6) is 0 Å². The Bertz CT molecular complexity index is 1380. The van der Waals surface area contributed by atoms with Gasteiger partial charge in [-0.2, -0.15) is 4.31 Å². The molecule has 0 spiro atoms. The van der Waals surface area contributed by atoms with Gasteiger partial charge in [-0.15, -0.1) is 0 Å². The molecule has 1 unspecified atom stereocenters. The molecule has 0 radical (unpaired) electrons. The van der Waals surface area contributed by atoms with E-state index < -0.39 is 34.9 Å². The van der Waals surface area contributed by atoms with Gasteiger partial charge in [-0.05, 0) is 66.3 Å². The number of nitrogens with one attached hydrogen (secondary N) is 1. The molecule has 2 aliphatic carbocycles. The number of benzene rings is 1. The molecule has 202 valence electrons. The summed E-state index contributed by atoms with van der Waals surface area (Å²) in [5, 5.41) is 11.8. The van der Waals surface area contributed by atoms with Crippen LogP contribution in [0.15, 0.2) is 83.5 Å². The summed E-state index contributed by atoms with van der Waals surface area (Å²) < 4.78 is 67.7. The number of sulfonamides is 1. The van der Waals surface area contributed by atoms with Crippen LogP contribution in [0.4, 0.5) is 18.9 Å². The number of rotatable bonds is 9. The lowest BCUT2D eigenvalue weighted by atomic mass is 9.80. The van der Waals surface area contributed by atoms with E-state index >= 15 is 0 Å². The first kappa shape index (κ1) is 26.5. The number of allylic oxidation sites excluding steroid dienone is 3. The van der Waals surface area contributed by atoms with E-state index in [4.69, 9.17) is 0 Å². The number of aliphatic hydroxyl groups is 1. The summed E-state index contributed by atoms with van der Waals surface area (Å²) in [4.78, 5) is 3.95. The minimum atomic E-state index is -4.02. The van der Waals surface area contributed by atoms with Crippen molar-refractivity contribution in [1.82, 2.24) is 14.7 Å². The molecule has 0 fully saturated rings. The average molecular weight is 547 g/mol. The van der Waals surface area contributed by atoms with E-state index in [2.05, 4.69) is 16.5 Å². The van der Waals surface area contributed by atoms with E-state index in [1.54, 1.807) is 24.3 Å². The lowest BCUT2D eigenvalue weighted by Gasteiger charge is -2.32. The van der Waals surface area contributed by atoms with E-state index in [9.17, 15) is 26.7 Å². The van der Waals surface area contributed by atoms with Crippen molar-refractivity contribution in [2.24, 2.45) is 11.8 Å². The van der Waals surface area contributed by atoms with Gasteiger partial charge in [0.1, 0.15) is 11.9 Å². The highest BCUT2D eigenvalue weighted by Gasteiger charge is 2.40. The predicted molar refractivity (Wildman–Crippen MR) is 138 cm³/mol. The molecular formula is C27H29F3N4O3S. The molecule has 3 atom stereocenters. The Morgan fingerprint density at radius 2 is 2.00 bits per heavy atom. The molecule has 11 heteroatoms. The van der Waals surface area contributed by atoms with Crippen LogP contribution < -0.4 is 10.4 Å². The van der Waals surface area contributed by atoms with Crippen LogP contribution in [0.3, 0.4) is 0 Å². The number of aliphatic hydroxyl groups excluding tert-OH is 1. The second-order valence-corrected chi connectivity index (χ2v) is 11.8. The van der Waals surface area contributed by atoms with Crippen molar-refractivity contribution in [3.63, 3.8) is 0 Å². The second-order valence-electron chi connectivity index (χ2n) is 9.84. The van der Waals surface area contributed by atoms with E-state index in [-0.39, 0.29) is 24.2 Å². The zero-order valence-electron chi connectivity index (χ0n) is 20.8. The first-order valence-electron chi connectivity index (χ1n) is 12.4. The van der Waals surface area contributed by atoms with Gasteiger partial charge in [0.25, 0.3) is 6.43 Å². The maximum Gasteiger partial charge on any atom is 0.265 e. The number of hydrogen-bond donors (Lipinski definition) is 2. The van der Waals surface area contributed by atoms with Gasteiger partial charge in [0, 0.05) is 43.2 Å². The van der Waals surface area contributed by atoms with E-state index in [0.29, 0.717) is 18.4 Å². The van der Waals surface area contributed by atoms with E-state index in [1.165, 1.54) is 24.5 Å². The molecule has 0 saturated heterocycles. The zero-order valence-corrected chi connectivity index (χ0v) is 21.6. The molecule has 5 rings (SSSR count). The van der Waals surface area contributed by atoms with Crippen molar-refractivity contribution >= 4 is 15.7 Å². The first-order chi connectivity index (χ1) is 18.1. The molecule has 1 aromatic carbocycles. The lowest BCUT2D eigenvalue weighted by Crippen LogP contribution is -2.43. The molecule has 1 aliphatic heterocycles. The maximum atomic E-state index is 13.4. The van der Waals surface area contributed by atoms with Gasteiger partial charge in [0.15, 0.2) is 0 Å². The Hall–Kier alpha value is -3.15. The average Bonchev–Trinajstić information content (AvgIpc) is 3.49. The summed E-state index contributed by atoms with van der Waals surface area (Å²) in [6, 6.07) is 9.39. The Labute approximate surface area is 220 Å². The highest BCUT2D eigenvalue weighted by molar-refractivity contribution is 7.88. The number of hydrogen-bond acceptors (Lipinski definition) is 6. The van der Waals surface area contributed by atoms with Crippen LogP contribution >= 0.6 is 0 Å². The van der Waals surface area contributed by atoms with Crippen LogP contribution in [0.2, 0.25) is 0 Å². The molecule has 2 heterocycles. The SMILES string of the molecule is C[C@H]1C2=CNN(c3ccc(F)cc3)C2=CC2=C1[C@@H](CN(CC(O)C(F)F)S(=O)(=O)Cc1cccnc1)CC2. The Balaban J connectivity index is 1.41. The number of aromatic nitrogens is 1. The summed E-state index contributed by atoms with van der Waals surface area (Å²) in [7, 11) is -4.02. The topological polar surface area (TPSA) is 85.8 Å².